The van der Waals surface area contributed by atoms with E-state index in [1.54, 1.807) is 26.9 Å². The summed E-state index contributed by atoms with van der Waals surface area (Å²) in [5.74, 6) is -2.19. The monoisotopic (exact) mass is 574 g/mol. The number of nitrogens with zero attached hydrogens (tertiary/aromatic N) is 4. The van der Waals surface area contributed by atoms with Crippen LogP contribution in [0.15, 0.2) is 25.3 Å². The summed E-state index contributed by atoms with van der Waals surface area (Å²) in [6.45, 7) is 20.6. The van der Waals surface area contributed by atoms with Crippen LogP contribution in [0, 0.1) is 17.8 Å². The van der Waals surface area contributed by atoms with Crippen LogP contribution in [-0.2, 0) is 23.9 Å². The fourth-order valence-electron chi connectivity index (χ4n) is 7.62. The van der Waals surface area contributed by atoms with Gasteiger partial charge in [-0.15, -0.1) is 13.2 Å². The van der Waals surface area contributed by atoms with Gasteiger partial charge in [-0.1, -0.05) is 32.9 Å². The molecule has 230 valence electrons. The highest BCUT2D eigenvalue weighted by atomic mass is 16.5. The summed E-state index contributed by atoms with van der Waals surface area (Å²) in [7, 11) is 0. The van der Waals surface area contributed by atoms with E-state index in [0.717, 1.165) is 19.5 Å². The quantitative estimate of drug-likeness (QED) is 0.314. The van der Waals surface area contributed by atoms with Crippen LogP contribution >= 0.6 is 0 Å². The van der Waals surface area contributed by atoms with Crippen molar-refractivity contribution in [3.63, 3.8) is 0 Å². The van der Waals surface area contributed by atoms with Crippen molar-refractivity contribution in [1.29, 1.82) is 0 Å². The number of hydrogen-bond donors (Lipinski definition) is 1. The normalized spacial score (nSPS) is 31.8. The minimum absolute atomic E-state index is 0.102. The molecule has 0 aliphatic carbocycles. The maximum absolute atomic E-state index is 14.6. The number of likely N-dealkylation sites (tertiary alicyclic amines) is 1. The van der Waals surface area contributed by atoms with Gasteiger partial charge in [-0.3, -0.25) is 19.3 Å². The van der Waals surface area contributed by atoms with Crippen molar-refractivity contribution in [2.24, 2.45) is 17.8 Å². The van der Waals surface area contributed by atoms with E-state index >= 15 is 0 Å². The van der Waals surface area contributed by atoms with Crippen molar-refractivity contribution < 1.29 is 29.0 Å². The van der Waals surface area contributed by atoms with Crippen LogP contribution in [-0.4, -0.2) is 131 Å². The third-order valence-corrected chi connectivity index (χ3v) is 9.63. The highest BCUT2D eigenvalue weighted by Crippen LogP contribution is 2.64. The van der Waals surface area contributed by atoms with Crippen LogP contribution in [0.4, 0.5) is 0 Å². The molecule has 1 N–H and O–H groups in total. The molecule has 1 spiro atoms. The van der Waals surface area contributed by atoms with Crippen molar-refractivity contribution >= 4 is 17.7 Å². The second-order valence-electron chi connectivity index (χ2n) is 12.6. The summed E-state index contributed by atoms with van der Waals surface area (Å²) in [4.78, 5) is 50.6. The molecule has 4 heterocycles. The van der Waals surface area contributed by atoms with Gasteiger partial charge in [-0.05, 0) is 32.1 Å². The Bertz CT molecular complexity index is 999. The van der Waals surface area contributed by atoms with Crippen LogP contribution in [0.5, 0.6) is 0 Å². The van der Waals surface area contributed by atoms with E-state index in [9.17, 15) is 19.5 Å². The Morgan fingerprint density at radius 3 is 2.29 bits per heavy atom. The van der Waals surface area contributed by atoms with E-state index in [2.05, 4.69) is 18.1 Å². The average molecular weight is 575 g/mol. The van der Waals surface area contributed by atoms with Crippen molar-refractivity contribution in [1.82, 2.24) is 19.6 Å². The third-order valence-electron chi connectivity index (χ3n) is 9.63. The number of ether oxygens (including phenoxy) is 2. The molecule has 10 nitrogen and oxygen atoms in total. The zero-order valence-electron chi connectivity index (χ0n) is 25.4. The Hall–Kier alpha value is -2.27. The van der Waals surface area contributed by atoms with Crippen molar-refractivity contribution in [3.8, 4) is 0 Å². The molecule has 0 aromatic rings. The number of hydrogen-bond acceptors (Lipinski definition) is 7. The average Bonchev–Trinajstić information content (AvgIpc) is 3.52. The minimum Gasteiger partial charge on any atom is -0.394 e. The molecule has 0 radical (unpaired) electrons. The van der Waals surface area contributed by atoms with Gasteiger partial charge < -0.3 is 29.3 Å². The van der Waals surface area contributed by atoms with Crippen LogP contribution in [0.3, 0.4) is 0 Å². The molecule has 4 saturated heterocycles. The first kappa shape index (κ1) is 31.7. The van der Waals surface area contributed by atoms with Crippen molar-refractivity contribution in [2.75, 3.05) is 65.6 Å². The minimum atomic E-state index is -1.13. The molecule has 6 atom stereocenters. The maximum Gasteiger partial charge on any atom is 0.248 e. The van der Waals surface area contributed by atoms with Gasteiger partial charge in [0.05, 0.1) is 43.3 Å². The molecule has 4 aliphatic rings. The molecule has 0 saturated carbocycles. The standard InChI is InChI=1S/C31H50N4O6/c1-7-12-33(13-8-2)27(37)24-25-28(38)35(23(21-36)22(4)5)26(31(25)11-10-30(24,6)41-31)29(39)34(14-9-3)16-15-32-17-19-40-20-18-32/h7,9,22-26,36H,1,3,8,10-21H2,2,4-6H3/t23-,24+,25-,26?,30-,31?/m0/s1. The van der Waals surface area contributed by atoms with Gasteiger partial charge in [0.25, 0.3) is 0 Å². The number of aliphatic hydroxyl groups excluding tert-OH is 1. The van der Waals surface area contributed by atoms with E-state index < -0.39 is 35.1 Å². The Morgan fingerprint density at radius 1 is 1.10 bits per heavy atom. The predicted octanol–water partition coefficient (Wildman–Crippen LogP) is 1.54. The van der Waals surface area contributed by atoms with Gasteiger partial charge in [-0.2, -0.15) is 0 Å². The topological polar surface area (TPSA) is 103 Å². The molecule has 4 rings (SSSR count). The second kappa shape index (κ2) is 12.9. The molecule has 3 amide bonds. The highest BCUT2D eigenvalue weighted by molar-refractivity contribution is 5.99. The number of carbonyl (C=O) groups excluding carboxylic acids is 3. The third kappa shape index (κ3) is 5.60. The molecule has 2 unspecified atom stereocenters. The SMILES string of the molecule is C=CCN(CCN1CCOCC1)C(=O)C1N([C@@H](CO)C(C)C)C(=O)[C@@H]2[C@H](C(=O)N(CC=C)CCC)[C@]3(C)CCC12O3. The maximum atomic E-state index is 14.6. The Balaban J connectivity index is 1.73. The molecule has 4 fully saturated rings. The second-order valence-corrected chi connectivity index (χ2v) is 12.6. The van der Waals surface area contributed by atoms with E-state index in [4.69, 9.17) is 9.47 Å². The lowest BCUT2D eigenvalue weighted by Crippen LogP contribution is -2.60. The molecule has 2 bridgehead atoms. The Labute approximate surface area is 245 Å². The smallest absolute Gasteiger partial charge is 0.248 e. The lowest BCUT2D eigenvalue weighted by atomic mass is 9.66. The fraction of sp³-hybridized carbons (Fsp3) is 0.774. The summed E-state index contributed by atoms with van der Waals surface area (Å²) in [5.41, 5.74) is -1.98. The number of aliphatic hydroxyl groups is 1. The summed E-state index contributed by atoms with van der Waals surface area (Å²) < 4.78 is 12.3. The molecular weight excluding hydrogens is 524 g/mol. The molecule has 41 heavy (non-hydrogen) atoms. The first-order valence-corrected chi connectivity index (χ1v) is 15.3. The summed E-state index contributed by atoms with van der Waals surface area (Å²) in [6.07, 6.45) is 5.28. The van der Waals surface area contributed by atoms with E-state index in [0.29, 0.717) is 58.8 Å². The summed E-state index contributed by atoms with van der Waals surface area (Å²) >= 11 is 0. The lowest BCUT2D eigenvalue weighted by Gasteiger charge is -2.41. The van der Waals surface area contributed by atoms with Crippen LogP contribution in [0.2, 0.25) is 0 Å². The molecular formula is C31H50N4O6. The number of rotatable bonds is 14. The van der Waals surface area contributed by atoms with E-state index in [1.165, 1.54) is 0 Å². The number of amides is 3. The zero-order valence-corrected chi connectivity index (χ0v) is 25.4. The van der Waals surface area contributed by atoms with Crippen molar-refractivity contribution in [2.45, 2.75) is 70.2 Å². The van der Waals surface area contributed by atoms with Gasteiger partial charge in [0.1, 0.15) is 11.6 Å². The van der Waals surface area contributed by atoms with Crippen molar-refractivity contribution in [3.05, 3.63) is 25.3 Å². The van der Waals surface area contributed by atoms with Crippen LogP contribution < -0.4 is 0 Å². The molecule has 0 aromatic heterocycles. The Morgan fingerprint density at radius 2 is 1.73 bits per heavy atom. The highest BCUT2D eigenvalue weighted by Gasteiger charge is 2.79. The van der Waals surface area contributed by atoms with E-state index in [-0.39, 0.29) is 30.2 Å². The zero-order chi connectivity index (χ0) is 29.9. The largest absolute Gasteiger partial charge is 0.394 e. The van der Waals surface area contributed by atoms with Crippen LogP contribution in [0.1, 0.15) is 47.0 Å². The first-order chi connectivity index (χ1) is 19.6. The van der Waals surface area contributed by atoms with Gasteiger partial charge >= 0.3 is 0 Å². The molecule has 10 heteroatoms. The number of fused-ring (bicyclic) bond motifs is 1. The number of morpholine rings is 1. The molecule has 4 aliphatic heterocycles. The molecule has 0 aromatic carbocycles. The van der Waals surface area contributed by atoms with Gasteiger partial charge in [0, 0.05) is 45.8 Å². The van der Waals surface area contributed by atoms with Gasteiger partial charge in [-0.25, -0.2) is 0 Å². The van der Waals surface area contributed by atoms with Gasteiger partial charge in [0.15, 0.2) is 0 Å². The predicted molar refractivity (Wildman–Crippen MR) is 156 cm³/mol. The lowest BCUT2D eigenvalue weighted by molar-refractivity contribution is -0.157. The Kier molecular flexibility index (Phi) is 9.99. The summed E-state index contributed by atoms with van der Waals surface area (Å²) in [6, 6.07) is -1.50. The summed E-state index contributed by atoms with van der Waals surface area (Å²) in [5, 5.41) is 10.5. The fourth-order valence-corrected chi connectivity index (χ4v) is 7.62. The van der Waals surface area contributed by atoms with E-state index in [1.807, 2.05) is 27.7 Å². The van der Waals surface area contributed by atoms with Crippen LogP contribution in [0.25, 0.3) is 0 Å². The van der Waals surface area contributed by atoms with Gasteiger partial charge in [0.2, 0.25) is 17.7 Å². The first-order valence-electron chi connectivity index (χ1n) is 15.3. The number of carbonyl (C=O) groups is 3.